The average Bonchev–Trinajstić information content (AvgIpc) is 3.78. The maximum absolute atomic E-state index is 9.58. The molecular weight excluding hydrogens is 593 g/mol. The van der Waals surface area contributed by atoms with E-state index >= 15 is 0 Å². The maximum atomic E-state index is 9.58. The van der Waals surface area contributed by atoms with Crippen LogP contribution in [0.5, 0.6) is 0 Å². The van der Waals surface area contributed by atoms with Crippen LogP contribution in [0.3, 0.4) is 0 Å². The van der Waals surface area contributed by atoms with Crippen molar-refractivity contribution < 1.29 is 37.3 Å². The predicted molar refractivity (Wildman–Crippen MR) is 208 cm³/mol. The fraction of sp³-hybridized carbons (Fsp3) is 0. The van der Waals surface area contributed by atoms with Crippen LogP contribution in [0.2, 0.25) is 0 Å². The molecule has 0 bridgehead atoms. The summed E-state index contributed by atoms with van der Waals surface area (Å²) < 4.78 is 221. The highest BCUT2D eigenvalue weighted by Gasteiger charge is 2.21. The van der Waals surface area contributed by atoms with Crippen LogP contribution in [0.25, 0.3) is 98.8 Å². The zero-order chi connectivity index (χ0) is 53.2. The number of furan rings is 1. The molecule has 1 aromatic heterocycles. The Morgan fingerprint density at radius 1 is 0.327 bits per heavy atom. The van der Waals surface area contributed by atoms with Gasteiger partial charge in [-0.15, -0.1) is 0 Å². The van der Waals surface area contributed by atoms with Crippen LogP contribution in [0.15, 0.2) is 186 Å². The van der Waals surface area contributed by atoms with E-state index in [9.17, 15) is 9.60 Å². The van der Waals surface area contributed by atoms with Gasteiger partial charge in [0.15, 0.2) is 0 Å². The van der Waals surface area contributed by atoms with E-state index in [0.29, 0.717) is 0 Å². The monoisotopic (exact) mass is 646 g/mol. The minimum Gasteiger partial charge on any atom is -0.456 e. The Bertz CT molecular complexity index is 4140. The molecule has 228 valence electrons. The Labute approximate surface area is 318 Å². The number of para-hydroxylation sites is 1. The van der Waals surface area contributed by atoms with E-state index in [0.717, 1.165) is 0 Å². The fourth-order valence-electron chi connectivity index (χ4n) is 6.50. The molecule has 0 spiro atoms. The first-order chi connectivity index (χ1) is 34.3. The molecule has 0 saturated carbocycles. The van der Waals surface area contributed by atoms with Gasteiger partial charge >= 0.3 is 0 Å². The van der Waals surface area contributed by atoms with Gasteiger partial charge in [-0.05, 0) is 88.9 Å². The first-order valence-electron chi connectivity index (χ1n) is 26.9. The Balaban J connectivity index is 1.46. The van der Waals surface area contributed by atoms with Gasteiger partial charge in [0.2, 0.25) is 0 Å². The fourth-order valence-corrected chi connectivity index (χ4v) is 6.50. The highest BCUT2D eigenvalue weighted by atomic mass is 16.3. The Morgan fingerprint density at radius 3 is 1.51 bits per heavy atom. The molecule has 0 fully saturated rings. The summed E-state index contributed by atoms with van der Waals surface area (Å²) >= 11 is 0. The molecule has 0 atom stereocenters. The van der Waals surface area contributed by atoms with E-state index in [1.807, 2.05) is 0 Å². The number of benzene rings is 9. The van der Waals surface area contributed by atoms with Crippen molar-refractivity contribution in [2.24, 2.45) is 0 Å². The summed E-state index contributed by atoms with van der Waals surface area (Å²) in [4.78, 5) is 0. The zero-order valence-corrected chi connectivity index (χ0v) is 24.9. The van der Waals surface area contributed by atoms with Crippen LogP contribution >= 0.6 is 0 Å². The molecule has 9 aromatic carbocycles. The lowest BCUT2D eigenvalue weighted by molar-refractivity contribution is 0.669. The molecule has 1 heterocycles. The smallest absolute Gasteiger partial charge is 0.136 e. The van der Waals surface area contributed by atoms with E-state index in [2.05, 4.69) is 0 Å². The van der Waals surface area contributed by atoms with E-state index in [4.69, 9.17) is 27.7 Å². The summed E-state index contributed by atoms with van der Waals surface area (Å²) in [5, 5.41) is -1.76. The molecule has 0 N–H and O–H groups in total. The molecule has 10 rings (SSSR count). The molecule has 0 aliphatic carbocycles. The molecule has 49 heavy (non-hydrogen) atoms. The van der Waals surface area contributed by atoms with Gasteiger partial charge in [0.05, 0.1) is 32.9 Å². The Hall–Kier alpha value is -6.44. The van der Waals surface area contributed by atoms with Gasteiger partial charge < -0.3 is 4.42 Å². The minimum atomic E-state index is -0.950. The minimum absolute atomic E-state index is 0.0433. The van der Waals surface area contributed by atoms with Crippen LogP contribution in [0.4, 0.5) is 0 Å². The van der Waals surface area contributed by atoms with E-state index in [1.165, 1.54) is 12.1 Å². The van der Waals surface area contributed by atoms with Crippen LogP contribution in [-0.4, -0.2) is 0 Å². The van der Waals surface area contributed by atoms with Crippen molar-refractivity contribution in [1.29, 1.82) is 0 Å². The standard InChI is InChI=1S/C48H30O/c1-2-15-31(16-3-1)32-17-4-7-20-36(32)46-38-21-8-10-23-40(38)47(41-24-11-9-22-39(41)46)42-30-29-35(33-18-5-6-19-34(33)42)37-26-14-28-45-48(37)43-25-12-13-27-44(43)49-45/h1-30H/i1D,2D,3D,4D,7D,8D,9D,10D,11D,12D,13D,14D,15D,16D,17D,20D,21D,22D,23D,24D,25D,26D,27D,28D. The summed E-state index contributed by atoms with van der Waals surface area (Å²) in [6.07, 6.45) is 0. The largest absolute Gasteiger partial charge is 0.456 e. The second-order valence-electron chi connectivity index (χ2n) is 11.0. The zero-order valence-electron chi connectivity index (χ0n) is 48.9. The van der Waals surface area contributed by atoms with Crippen molar-refractivity contribution in [3.63, 3.8) is 0 Å². The summed E-state index contributed by atoms with van der Waals surface area (Å²) in [5.41, 5.74) is -3.54. The van der Waals surface area contributed by atoms with E-state index < -0.39 is 189 Å². The first-order valence-corrected chi connectivity index (χ1v) is 14.9. The third-order valence-corrected chi connectivity index (χ3v) is 8.47. The van der Waals surface area contributed by atoms with Crippen molar-refractivity contribution in [1.82, 2.24) is 0 Å². The van der Waals surface area contributed by atoms with Gasteiger partial charge in [-0.2, -0.15) is 0 Å². The molecule has 1 heteroatoms. The topological polar surface area (TPSA) is 13.1 Å². The molecule has 0 amide bonds. The van der Waals surface area contributed by atoms with Crippen LogP contribution < -0.4 is 0 Å². The van der Waals surface area contributed by atoms with Gasteiger partial charge in [0.25, 0.3) is 0 Å². The van der Waals surface area contributed by atoms with Crippen LogP contribution in [-0.2, 0) is 0 Å². The van der Waals surface area contributed by atoms with Gasteiger partial charge in [-0.3, -0.25) is 0 Å². The quantitative estimate of drug-likeness (QED) is 0.173. The van der Waals surface area contributed by atoms with Crippen molar-refractivity contribution in [3.05, 3.63) is 181 Å². The summed E-state index contributed by atoms with van der Waals surface area (Å²) in [6.45, 7) is 0. The number of fused-ring (bicyclic) bond motifs is 6. The van der Waals surface area contributed by atoms with Crippen molar-refractivity contribution >= 4 is 54.3 Å². The van der Waals surface area contributed by atoms with Gasteiger partial charge in [-0.25, -0.2) is 0 Å². The van der Waals surface area contributed by atoms with Gasteiger partial charge in [0.1, 0.15) is 11.2 Å². The molecule has 0 aliphatic rings. The van der Waals surface area contributed by atoms with E-state index in [1.54, 1.807) is 24.3 Å². The lowest BCUT2D eigenvalue weighted by Gasteiger charge is -2.21. The second kappa shape index (κ2) is 11.1. The molecular formula is C48H30O. The number of hydrogen-bond acceptors (Lipinski definition) is 1. The number of hydrogen-bond donors (Lipinski definition) is 0. The Kier molecular flexibility index (Phi) is 2.91. The predicted octanol–water partition coefficient (Wildman–Crippen LogP) is 13.7. The molecule has 0 saturated heterocycles. The summed E-state index contributed by atoms with van der Waals surface area (Å²) in [5.74, 6) is 0. The lowest BCUT2D eigenvalue weighted by atomic mass is 9.82. The molecule has 10 aromatic rings. The molecule has 0 radical (unpaired) electrons. The lowest BCUT2D eigenvalue weighted by Crippen LogP contribution is -1.93. The molecule has 1 nitrogen and oxygen atoms in total. The number of rotatable bonds is 4. The molecule has 0 aliphatic heterocycles. The summed E-state index contributed by atoms with van der Waals surface area (Å²) in [6, 6.07) is -9.83. The Morgan fingerprint density at radius 2 is 0.816 bits per heavy atom. The second-order valence-corrected chi connectivity index (χ2v) is 11.0. The average molecular weight is 647 g/mol. The summed E-state index contributed by atoms with van der Waals surface area (Å²) in [7, 11) is 0. The normalized spacial score (nSPS) is 18.5. The van der Waals surface area contributed by atoms with Crippen LogP contribution in [0, 0.1) is 0 Å². The van der Waals surface area contributed by atoms with Crippen LogP contribution in [0.1, 0.15) is 32.9 Å². The maximum Gasteiger partial charge on any atom is 0.136 e. The van der Waals surface area contributed by atoms with E-state index in [-0.39, 0.29) is 55.0 Å². The third kappa shape index (κ3) is 4.26. The third-order valence-electron chi connectivity index (χ3n) is 8.47. The van der Waals surface area contributed by atoms with Gasteiger partial charge in [0, 0.05) is 10.8 Å². The first kappa shape index (κ1) is 12.9. The van der Waals surface area contributed by atoms with Crippen molar-refractivity contribution in [3.8, 4) is 44.5 Å². The highest BCUT2D eigenvalue weighted by molar-refractivity contribution is 6.25. The van der Waals surface area contributed by atoms with Crippen molar-refractivity contribution in [2.45, 2.75) is 0 Å². The van der Waals surface area contributed by atoms with Gasteiger partial charge in [-0.1, -0.05) is 169 Å². The SMILES string of the molecule is [2H]c1c([2H])c([2H])c(-c2c([2H])c([2H])c([2H])c([2H])c2-c2c3c([2H])c([2H])c([2H])c([2H])c3c(-c3ccc(-c4c([2H])c([2H])c([2H])c5oc6c([2H])c([2H])c([2H])c([2H])c6c45)c4ccccc34)c3c([2H])c([2H])c([2H])c([2H])c23)c([2H])c1[2H]. The molecule has 0 unspecified atom stereocenters. The van der Waals surface area contributed by atoms with Crippen molar-refractivity contribution in [2.75, 3.05) is 0 Å². The highest BCUT2D eigenvalue weighted by Crippen LogP contribution is 2.48.